The molecule has 26 heavy (non-hydrogen) atoms. The first-order valence-electron chi connectivity index (χ1n) is 9.59. The van der Waals surface area contributed by atoms with Crippen LogP contribution in [0.1, 0.15) is 42.0 Å². The number of nitrogens with one attached hydrogen (secondary N) is 2. The summed E-state index contributed by atoms with van der Waals surface area (Å²) < 4.78 is 0. The number of rotatable bonds is 4. The van der Waals surface area contributed by atoms with E-state index in [-0.39, 0.29) is 30.0 Å². The number of benzene rings is 2. The van der Waals surface area contributed by atoms with Crippen molar-refractivity contribution in [1.29, 1.82) is 0 Å². The van der Waals surface area contributed by atoms with Crippen molar-refractivity contribution in [3.63, 3.8) is 0 Å². The summed E-state index contributed by atoms with van der Waals surface area (Å²) in [5.41, 5.74) is 11.3. The van der Waals surface area contributed by atoms with Crippen LogP contribution in [0.3, 0.4) is 0 Å². The lowest BCUT2D eigenvalue weighted by Gasteiger charge is -2.40. The predicted molar refractivity (Wildman–Crippen MR) is 105 cm³/mol. The predicted octanol–water partition coefficient (Wildman–Crippen LogP) is 3.52. The van der Waals surface area contributed by atoms with E-state index in [1.807, 2.05) is 12.1 Å². The van der Waals surface area contributed by atoms with Gasteiger partial charge in [0, 0.05) is 17.6 Å². The fourth-order valence-corrected chi connectivity index (χ4v) is 4.23. The summed E-state index contributed by atoms with van der Waals surface area (Å²) in [6.07, 6.45) is 3.87. The maximum atomic E-state index is 12.8. The number of fused-ring (bicyclic) bond motifs is 1. The molecule has 2 aliphatic rings. The van der Waals surface area contributed by atoms with E-state index < -0.39 is 0 Å². The van der Waals surface area contributed by atoms with Gasteiger partial charge in [-0.1, -0.05) is 48.0 Å². The first-order chi connectivity index (χ1) is 12.6. The molecule has 1 heterocycles. The van der Waals surface area contributed by atoms with Gasteiger partial charge in [-0.3, -0.25) is 4.79 Å². The Balaban J connectivity index is 1.38. The van der Waals surface area contributed by atoms with Crippen molar-refractivity contribution in [3.8, 4) is 0 Å². The van der Waals surface area contributed by atoms with E-state index in [4.69, 9.17) is 5.73 Å². The SMILES string of the molecule is Cc1cccc(C(N)[C@H]2CC[C@H]2C(=O)NC2CCc3ccccc3N2)c1. The van der Waals surface area contributed by atoms with Gasteiger partial charge in [0.15, 0.2) is 0 Å². The summed E-state index contributed by atoms with van der Waals surface area (Å²) in [6, 6.07) is 16.6. The molecule has 1 saturated carbocycles. The standard InChI is InChI=1S/C22H27N3O/c1-14-5-4-7-16(13-14)21(23)17-10-11-18(17)22(26)25-20-12-9-15-6-2-3-8-19(15)24-20/h2-8,13,17-18,20-21,24H,9-12,23H2,1H3,(H,25,26)/t17-,18+,20?,21?/m0/s1. The molecule has 136 valence electrons. The first kappa shape index (κ1) is 17.1. The van der Waals surface area contributed by atoms with Crippen LogP contribution < -0.4 is 16.4 Å². The van der Waals surface area contributed by atoms with Gasteiger partial charge in [0.2, 0.25) is 5.91 Å². The second kappa shape index (κ2) is 7.12. The average Bonchev–Trinajstić information content (AvgIpc) is 2.60. The van der Waals surface area contributed by atoms with Crippen LogP contribution in [0.15, 0.2) is 48.5 Å². The largest absolute Gasteiger partial charge is 0.365 e. The number of aryl methyl sites for hydroxylation is 2. The third-order valence-corrected chi connectivity index (χ3v) is 5.92. The van der Waals surface area contributed by atoms with Crippen molar-refractivity contribution in [2.24, 2.45) is 17.6 Å². The fraction of sp³-hybridized carbons (Fsp3) is 0.409. The minimum atomic E-state index is -0.0700. The van der Waals surface area contributed by atoms with Gasteiger partial charge < -0.3 is 16.4 Å². The molecule has 0 spiro atoms. The molecule has 1 fully saturated rings. The molecule has 4 heteroatoms. The quantitative estimate of drug-likeness (QED) is 0.791. The highest BCUT2D eigenvalue weighted by Gasteiger charge is 2.41. The van der Waals surface area contributed by atoms with E-state index in [1.165, 1.54) is 11.1 Å². The van der Waals surface area contributed by atoms with E-state index in [9.17, 15) is 4.79 Å². The Kier molecular flexibility index (Phi) is 4.68. The summed E-state index contributed by atoms with van der Waals surface area (Å²) in [6.45, 7) is 2.08. The zero-order chi connectivity index (χ0) is 18.1. The van der Waals surface area contributed by atoms with Crippen molar-refractivity contribution in [3.05, 3.63) is 65.2 Å². The number of hydrogen-bond donors (Lipinski definition) is 3. The monoisotopic (exact) mass is 349 g/mol. The number of anilines is 1. The van der Waals surface area contributed by atoms with E-state index in [1.54, 1.807) is 0 Å². The lowest BCUT2D eigenvalue weighted by atomic mass is 9.68. The second-order valence-electron chi connectivity index (χ2n) is 7.69. The molecule has 0 radical (unpaired) electrons. The number of carbonyl (C=O) groups is 1. The maximum absolute atomic E-state index is 12.8. The molecular formula is C22H27N3O. The van der Waals surface area contributed by atoms with Gasteiger partial charge in [0.05, 0.1) is 6.17 Å². The van der Waals surface area contributed by atoms with E-state index in [0.29, 0.717) is 0 Å². The summed E-state index contributed by atoms with van der Waals surface area (Å²) in [4.78, 5) is 12.8. The van der Waals surface area contributed by atoms with Crippen molar-refractivity contribution >= 4 is 11.6 Å². The highest BCUT2D eigenvalue weighted by molar-refractivity contribution is 5.80. The number of hydrogen-bond acceptors (Lipinski definition) is 3. The molecule has 0 saturated heterocycles. The molecule has 4 nitrogen and oxygen atoms in total. The molecule has 2 aromatic rings. The molecule has 4 atom stereocenters. The van der Waals surface area contributed by atoms with E-state index in [0.717, 1.165) is 36.9 Å². The summed E-state index contributed by atoms with van der Waals surface area (Å²) in [5.74, 6) is 0.387. The normalized spacial score (nSPS) is 25.4. The van der Waals surface area contributed by atoms with Gasteiger partial charge in [0.25, 0.3) is 0 Å². The Morgan fingerprint density at radius 2 is 2.00 bits per heavy atom. The molecule has 1 amide bonds. The van der Waals surface area contributed by atoms with E-state index >= 15 is 0 Å². The Morgan fingerprint density at radius 3 is 2.77 bits per heavy atom. The van der Waals surface area contributed by atoms with Crippen molar-refractivity contribution < 1.29 is 4.79 Å². The van der Waals surface area contributed by atoms with Crippen LogP contribution in [0.5, 0.6) is 0 Å². The van der Waals surface area contributed by atoms with Gasteiger partial charge in [0.1, 0.15) is 0 Å². The Bertz CT molecular complexity index is 803. The van der Waals surface area contributed by atoms with Crippen LogP contribution in [0.2, 0.25) is 0 Å². The number of para-hydroxylation sites is 1. The highest BCUT2D eigenvalue weighted by atomic mass is 16.2. The van der Waals surface area contributed by atoms with Crippen LogP contribution >= 0.6 is 0 Å². The zero-order valence-corrected chi connectivity index (χ0v) is 15.2. The molecule has 0 bridgehead atoms. The maximum Gasteiger partial charge on any atom is 0.225 e. The topological polar surface area (TPSA) is 67.2 Å². The first-order valence-corrected chi connectivity index (χ1v) is 9.59. The third-order valence-electron chi connectivity index (χ3n) is 5.92. The number of carbonyl (C=O) groups excluding carboxylic acids is 1. The van der Waals surface area contributed by atoms with Crippen molar-refractivity contribution in [1.82, 2.24) is 5.32 Å². The summed E-state index contributed by atoms with van der Waals surface area (Å²) in [7, 11) is 0. The molecule has 1 aliphatic heterocycles. The van der Waals surface area contributed by atoms with Crippen LogP contribution in [0.25, 0.3) is 0 Å². The molecule has 0 aromatic heterocycles. The van der Waals surface area contributed by atoms with Crippen LogP contribution in [-0.4, -0.2) is 12.1 Å². The van der Waals surface area contributed by atoms with Gasteiger partial charge in [-0.15, -0.1) is 0 Å². The third kappa shape index (κ3) is 3.34. The lowest BCUT2D eigenvalue weighted by molar-refractivity contribution is -0.131. The smallest absolute Gasteiger partial charge is 0.225 e. The van der Waals surface area contributed by atoms with Crippen LogP contribution in [0.4, 0.5) is 5.69 Å². The average molecular weight is 349 g/mol. The minimum absolute atomic E-state index is 0.00819. The molecular weight excluding hydrogens is 322 g/mol. The highest BCUT2D eigenvalue weighted by Crippen LogP contribution is 2.42. The summed E-state index contributed by atoms with van der Waals surface area (Å²) >= 11 is 0. The molecule has 4 rings (SSSR count). The Hall–Kier alpha value is -2.33. The molecule has 4 N–H and O–H groups in total. The van der Waals surface area contributed by atoms with Gasteiger partial charge in [-0.25, -0.2) is 0 Å². The van der Waals surface area contributed by atoms with Gasteiger partial charge in [-0.2, -0.15) is 0 Å². The van der Waals surface area contributed by atoms with Crippen molar-refractivity contribution in [2.45, 2.75) is 44.8 Å². The Morgan fingerprint density at radius 1 is 1.15 bits per heavy atom. The van der Waals surface area contributed by atoms with Crippen LogP contribution in [0, 0.1) is 18.8 Å². The number of nitrogens with two attached hydrogens (primary N) is 1. The van der Waals surface area contributed by atoms with Crippen molar-refractivity contribution in [2.75, 3.05) is 5.32 Å². The second-order valence-corrected chi connectivity index (χ2v) is 7.69. The Labute approximate surface area is 155 Å². The zero-order valence-electron chi connectivity index (χ0n) is 15.2. The van der Waals surface area contributed by atoms with Crippen LogP contribution in [-0.2, 0) is 11.2 Å². The van der Waals surface area contributed by atoms with Gasteiger partial charge >= 0.3 is 0 Å². The number of amides is 1. The molecule has 1 aliphatic carbocycles. The summed E-state index contributed by atoms with van der Waals surface area (Å²) in [5, 5.41) is 6.65. The lowest BCUT2D eigenvalue weighted by Crippen LogP contribution is -2.50. The van der Waals surface area contributed by atoms with E-state index in [2.05, 4.69) is 54.0 Å². The minimum Gasteiger partial charge on any atom is -0.365 e. The molecule has 2 unspecified atom stereocenters. The fourth-order valence-electron chi connectivity index (χ4n) is 4.23. The van der Waals surface area contributed by atoms with Gasteiger partial charge in [-0.05, 0) is 55.7 Å². The molecule has 2 aromatic carbocycles.